The van der Waals surface area contributed by atoms with Crippen LogP contribution < -0.4 is 20.7 Å². The Morgan fingerprint density at radius 1 is 1.14 bits per heavy atom. The molecule has 0 unspecified atom stereocenters. The normalized spacial score (nSPS) is 13.5. The first kappa shape index (κ1) is 19.7. The van der Waals surface area contributed by atoms with Crippen molar-refractivity contribution in [3.05, 3.63) is 59.7 Å². The van der Waals surface area contributed by atoms with Crippen molar-refractivity contribution in [1.29, 1.82) is 0 Å². The molecule has 0 saturated heterocycles. The van der Waals surface area contributed by atoms with Crippen LogP contribution >= 0.6 is 0 Å². The summed E-state index contributed by atoms with van der Waals surface area (Å²) in [6.45, 7) is 4.79. The number of benzene rings is 2. The molecule has 0 saturated carbocycles. The van der Waals surface area contributed by atoms with E-state index in [0.29, 0.717) is 19.6 Å². The van der Waals surface area contributed by atoms with Gasteiger partial charge in [0.05, 0.1) is 6.54 Å². The minimum atomic E-state index is 0.0767. The lowest BCUT2D eigenvalue weighted by Gasteiger charge is -2.18. The summed E-state index contributed by atoms with van der Waals surface area (Å²) in [5, 5.41) is 9.44. The summed E-state index contributed by atoms with van der Waals surface area (Å²) in [5.41, 5.74) is 3.30. The first-order valence-corrected chi connectivity index (χ1v) is 9.86. The lowest BCUT2D eigenvalue weighted by atomic mass is 10.0. The van der Waals surface area contributed by atoms with Crippen LogP contribution in [0.5, 0.6) is 5.75 Å². The largest absolute Gasteiger partial charge is 0.492 e. The molecular formula is C22H28N4O2. The number of rotatable bonds is 8. The molecule has 2 aromatic rings. The number of aliphatic imine (C=N–C) groups is 1. The molecule has 0 aromatic heterocycles. The number of hydrogen-bond donors (Lipinski definition) is 3. The summed E-state index contributed by atoms with van der Waals surface area (Å²) in [5.74, 6) is 1.70. The third-order valence-corrected chi connectivity index (χ3v) is 4.49. The van der Waals surface area contributed by atoms with Gasteiger partial charge in [-0.05, 0) is 49.1 Å². The maximum absolute atomic E-state index is 11.4. The molecule has 28 heavy (non-hydrogen) atoms. The molecule has 6 nitrogen and oxygen atoms in total. The van der Waals surface area contributed by atoms with Crippen molar-refractivity contribution in [3.8, 4) is 5.75 Å². The van der Waals surface area contributed by atoms with Crippen LogP contribution in [-0.4, -0.2) is 38.1 Å². The molecule has 3 rings (SSSR count). The van der Waals surface area contributed by atoms with Crippen LogP contribution in [0, 0.1) is 0 Å². The molecular weight excluding hydrogens is 352 g/mol. The number of nitrogens with zero attached hydrogens (tertiary/aromatic N) is 1. The Hall–Kier alpha value is -3.02. The molecule has 3 N–H and O–H groups in total. The van der Waals surface area contributed by atoms with Crippen LogP contribution in [0.3, 0.4) is 0 Å². The van der Waals surface area contributed by atoms with Crippen molar-refractivity contribution >= 4 is 17.6 Å². The van der Waals surface area contributed by atoms with Gasteiger partial charge in [0.25, 0.3) is 0 Å². The molecule has 1 amide bonds. The van der Waals surface area contributed by atoms with E-state index < -0.39 is 0 Å². The van der Waals surface area contributed by atoms with Crippen molar-refractivity contribution < 1.29 is 9.53 Å². The number of fused-ring (bicyclic) bond motifs is 1. The molecule has 0 bridgehead atoms. The highest BCUT2D eigenvalue weighted by Crippen LogP contribution is 2.26. The topological polar surface area (TPSA) is 74.8 Å². The van der Waals surface area contributed by atoms with Gasteiger partial charge in [0.1, 0.15) is 12.4 Å². The number of hydrogen-bond acceptors (Lipinski definition) is 3. The molecule has 6 heteroatoms. The Labute approximate surface area is 166 Å². The molecule has 1 aliphatic heterocycles. The van der Waals surface area contributed by atoms with Gasteiger partial charge in [-0.25, -0.2) is 0 Å². The van der Waals surface area contributed by atoms with Gasteiger partial charge < -0.3 is 20.7 Å². The van der Waals surface area contributed by atoms with Gasteiger partial charge >= 0.3 is 0 Å². The molecule has 0 fully saturated rings. The lowest BCUT2D eigenvalue weighted by Crippen LogP contribution is -2.39. The van der Waals surface area contributed by atoms with E-state index in [2.05, 4.69) is 52.1 Å². The number of ether oxygens (including phenoxy) is 1. The van der Waals surface area contributed by atoms with E-state index in [1.165, 1.54) is 5.56 Å². The van der Waals surface area contributed by atoms with E-state index in [1.54, 1.807) is 0 Å². The smallest absolute Gasteiger partial charge is 0.224 e. The summed E-state index contributed by atoms with van der Waals surface area (Å²) >= 11 is 0. The summed E-state index contributed by atoms with van der Waals surface area (Å²) in [4.78, 5) is 16.0. The van der Waals surface area contributed by atoms with Crippen molar-refractivity contribution in [2.45, 2.75) is 26.2 Å². The molecule has 0 spiro atoms. The molecule has 148 valence electrons. The minimum Gasteiger partial charge on any atom is -0.492 e. The van der Waals surface area contributed by atoms with Crippen molar-refractivity contribution in [2.75, 3.05) is 31.6 Å². The predicted molar refractivity (Wildman–Crippen MR) is 113 cm³/mol. The van der Waals surface area contributed by atoms with E-state index in [0.717, 1.165) is 48.9 Å². The van der Waals surface area contributed by atoms with Crippen LogP contribution in [0.1, 0.15) is 24.5 Å². The number of guanidine groups is 1. The molecule has 0 atom stereocenters. The second-order valence-electron chi connectivity index (χ2n) is 6.64. The van der Waals surface area contributed by atoms with Gasteiger partial charge in [-0.15, -0.1) is 0 Å². The Morgan fingerprint density at radius 3 is 2.82 bits per heavy atom. The number of aryl methyl sites for hydroxylation is 1. The Balaban J connectivity index is 1.43. The third-order valence-electron chi connectivity index (χ3n) is 4.49. The highest BCUT2D eigenvalue weighted by Gasteiger charge is 2.14. The Bertz CT molecular complexity index is 805. The highest BCUT2D eigenvalue weighted by atomic mass is 16.5. The van der Waals surface area contributed by atoms with E-state index in [9.17, 15) is 4.79 Å². The zero-order valence-corrected chi connectivity index (χ0v) is 16.3. The summed E-state index contributed by atoms with van der Waals surface area (Å²) < 4.78 is 5.84. The molecule has 1 aliphatic rings. The Kier molecular flexibility index (Phi) is 7.29. The first-order chi connectivity index (χ1) is 13.7. The Morgan fingerprint density at radius 2 is 2.00 bits per heavy atom. The van der Waals surface area contributed by atoms with Crippen LogP contribution in [-0.2, 0) is 17.6 Å². The maximum atomic E-state index is 11.4. The standard InChI is InChI=1S/C22H28N4O2/c1-2-23-22(24-13-12-17-6-4-3-5-7-17)25-14-15-28-19-9-10-20-18(16-19)8-11-21(27)26-20/h3-7,9-10,16H,2,8,11-15H2,1H3,(H,26,27)(H2,23,24,25). The SMILES string of the molecule is CCNC(=NCCc1ccccc1)NCCOc1ccc2c(c1)CCC(=O)N2. The fraction of sp³-hybridized carbons (Fsp3) is 0.364. The highest BCUT2D eigenvalue weighted by molar-refractivity contribution is 5.94. The van der Waals surface area contributed by atoms with Gasteiger partial charge in [0, 0.05) is 25.2 Å². The van der Waals surface area contributed by atoms with E-state index in [4.69, 9.17) is 4.74 Å². The quantitative estimate of drug-likeness (QED) is 0.374. The van der Waals surface area contributed by atoms with Crippen molar-refractivity contribution in [2.24, 2.45) is 4.99 Å². The average Bonchev–Trinajstić information content (AvgIpc) is 2.72. The number of carbonyl (C=O) groups is 1. The predicted octanol–water partition coefficient (Wildman–Crippen LogP) is 2.75. The molecule has 0 aliphatic carbocycles. The monoisotopic (exact) mass is 380 g/mol. The average molecular weight is 380 g/mol. The molecule has 1 heterocycles. The van der Waals surface area contributed by atoms with Crippen LogP contribution in [0.4, 0.5) is 5.69 Å². The number of amides is 1. The molecule has 0 radical (unpaired) electrons. The van der Waals surface area contributed by atoms with Crippen molar-refractivity contribution in [1.82, 2.24) is 10.6 Å². The van der Waals surface area contributed by atoms with Gasteiger partial charge in [-0.3, -0.25) is 9.79 Å². The van der Waals surface area contributed by atoms with E-state index >= 15 is 0 Å². The second-order valence-corrected chi connectivity index (χ2v) is 6.64. The second kappa shape index (κ2) is 10.3. The van der Waals surface area contributed by atoms with Gasteiger partial charge in [-0.2, -0.15) is 0 Å². The maximum Gasteiger partial charge on any atom is 0.224 e. The third kappa shape index (κ3) is 6.01. The zero-order valence-electron chi connectivity index (χ0n) is 16.3. The molecule has 2 aromatic carbocycles. The summed E-state index contributed by atoms with van der Waals surface area (Å²) in [6, 6.07) is 16.2. The summed E-state index contributed by atoms with van der Waals surface area (Å²) in [6.07, 6.45) is 2.21. The number of nitrogens with one attached hydrogen (secondary N) is 3. The van der Waals surface area contributed by atoms with Crippen LogP contribution in [0.2, 0.25) is 0 Å². The first-order valence-electron chi connectivity index (χ1n) is 9.86. The van der Waals surface area contributed by atoms with E-state index in [-0.39, 0.29) is 5.91 Å². The fourth-order valence-corrected chi connectivity index (χ4v) is 3.07. The van der Waals surface area contributed by atoms with Crippen LogP contribution in [0.25, 0.3) is 0 Å². The van der Waals surface area contributed by atoms with Crippen LogP contribution in [0.15, 0.2) is 53.5 Å². The van der Waals surface area contributed by atoms with Gasteiger partial charge in [0.15, 0.2) is 5.96 Å². The fourth-order valence-electron chi connectivity index (χ4n) is 3.07. The minimum absolute atomic E-state index is 0.0767. The van der Waals surface area contributed by atoms with Gasteiger partial charge in [0.2, 0.25) is 5.91 Å². The van der Waals surface area contributed by atoms with E-state index in [1.807, 2.05) is 24.3 Å². The summed E-state index contributed by atoms with van der Waals surface area (Å²) in [7, 11) is 0. The van der Waals surface area contributed by atoms with Gasteiger partial charge in [-0.1, -0.05) is 30.3 Å². The lowest BCUT2D eigenvalue weighted by molar-refractivity contribution is -0.116. The number of anilines is 1. The number of carbonyl (C=O) groups excluding carboxylic acids is 1. The zero-order chi connectivity index (χ0) is 19.6. The van der Waals surface area contributed by atoms with Crippen molar-refractivity contribution in [3.63, 3.8) is 0 Å².